The first-order valence-corrected chi connectivity index (χ1v) is 21.8. The Balaban J connectivity index is 1.19. The van der Waals surface area contributed by atoms with Crippen LogP contribution in [0.4, 0.5) is 13.6 Å². The molecule has 4 heterocycles. The Labute approximate surface area is 336 Å². The first kappa shape index (κ1) is 40.2. The van der Waals surface area contributed by atoms with E-state index in [-0.39, 0.29) is 44.4 Å². The highest BCUT2D eigenvalue weighted by Crippen LogP contribution is 2.50. The maximum atomic E-state index is 15.1. The van der Waals surface area contributed by atoms with Gasteiger partial charge in [0.25, 0.3) is 12.3 Å². The maximum Gasteiger partial charge on any atom is 0.408 e. The highest BCUT2D eigenvalue weighted by atomic mass is 32.2. The lowest BCUT2D eigenvalue weighted by molar-refractivity contribution is -0.146. The highest BCUT2D eigenvalue weighted by molar-refractivity contribution is 7.91. The van der Waals surface area contributed by atoms with Crippen LogP contribution in [0.3, 0.4) is 0 Å². The van der Waals surface area contributed by atoms with Crippen LogP contribution in [0.25, 0.3) is 10.9 Å². The van der Waals surface area contributed by atoms with Gasteiger partial charge in [-0.05, 0) is 103 Å². The van der Waals surface area contributed by atoms with Gasteiger partial charge in [0.15, 0.2) is 5.75 Å². The minimum atomic E-state index is -4.07. The molecule has 17 heteroatoms. The van der Waals surface area contributed by atoms with Gasteiger partial charge in [-0.25, -0.2) is 27.0 Å². The van der Waals surface area contributed by atoms with Crippen LogP contribution < -0.4 is 19.5 Å². The number of methoxy groups -OCH3 is 1. The van der Waals surface area contributed by atoms with E-state index in [1.54, 1.807) is 25.1 Å². The molecule has 1 aromatic carbocycles. The van der Waals surface area contributed by atoms with Gasteiger partial charge < -0.3 is 24.8 Å². The molecule has 1 aromatic heterocycles. The SMILES string of the molecule is COc1ccc2nc(C(F)F)c3c(c2c1)CC[C@]1(C[C@H]2C(=O)N[C@]4(C(=O)NS(=O)(=O)C5(C)CC5)C[C@H]4/C=C\CCCCC[C@H](N(C(=O)O)C4(C)CCC4)C(=O)N2C1)O3. The monoisotopic (exact) mass is 827 g/mol. The topological polar surface area (TPSA) is 185 Å². The Morgan fingerprint density at radius 3 is 2.50 bits per heavy atom. The van der Waals surface area contributed by atoms with Gasteiger partial charge in [0.2, 0.25) is 21.8 Å². The zero-order valence-electron chi connectivity index (χ0n) is 33.0. The summed E-state index contributed by atoms with van der Waals surface area (Å²) in [7, 11) is -2.58. The highest BCUT2D eigenvalue weighted by Gasteiger charge is 2.64. The Hall–Kier alpha value is -4.54. The fourth-order valence-electron chi connectivity index (χ4n) is 9.57. The fourth-order valence-corrected chi connectivity index (χ4v) is 10.9. The van der Waals surface area contributed by atoms with E-state index >= 15 is 4.79 Å². The van der Waals surface area contributed by atoms with E-state index in [1.165, 1.54) is 16.9 Å². The third kappa shape index (κ3) is 6.83. The number of carboxylic acid groups (broad SMARTS) is 1. The van der Waals surface area contributed by atoms with E-state index in [0.717, 1.165) is 12.8 Å². The predicted octanol–water partition coefficient (Wildman–Crippen LogP) is 5.53. The van der Waals surface area contributed by atoms with Crippen molar-refractivity contribution in [1.82, 2.24) is 24.8 Å². The third-order valence-electron chi connectivity index (χ3n) is 13.7. The molecule has 3 aliphatic carbocycles. The van der Waals surface area contributed by atoms with E-state index in [1.807, 2.05) is 19.1 Å². The van der Waals surface area contributed by atoms with Crippen LogP contribution in [0.5, 0.6) is 11.5 Å². The van der Waals surface area contributed by atoms with Crippen molar-refractivity contribution in [2.45, 2.75) is 144 Å². The van der Waals surface area contributed by atoms with Gasteiger partial charge in [-0.1, -0.05) is 25.0 Å². The van der Waals surface area contributed by atoms with Crippen LogP contribution in [-0.2, 0) is 30.8 Å². The number of ether oxygens (including phenoxy) is 2. The Kier molecular flexibility index (Phi) is 9.94. The molecule has 2 aromatic rings. The standard InChI is InChI=1S/C41H51F2N5O9S/c1-38(15-9-16-38)48(37(52)53)29-11-8-6-4-5-7-10-24-21-41(24,36(51)46-58(54,55)39(2)18-19-39)45-34(49)30-22-40(23-47(30)35(29)50)17-14-26-27-20-25(56-3)12-13-28(27)44-31(33(42)43)32(26)57-40/h7,10,12-13,20,24,29-30,33H,4-6,8-9,11,14-19,21-23H2,1-3H3,(H,45,49)(H,46,51)(H,52,53)/b10-7-/t24-,29+,30+,40-,41-/m1/s1. The normalized spacial score (nSPS) is 30.7. The second-order valence-corrected chi connectivity index (χ2v) is 19.9. The van der Waals surface area contributed by atoms with E-state index in [9.17, 15) is 36.7 Å². The average molecular weight is 828 g/mol. The summed E-state index contributed by atoms with van der Waals surface area (Å²) in [5, 5.41) is 14.1. The number of carbonyl (C=O) groups is 4. The number of carbonyl (C=O) groups excluding carboxylic acids is 3. The zero-order valence-corrected chi connectivity index (χ0v) is 33.8. The largest absolute Gasteiger partial charge is 0.497 e. The number of aromatic nitrogens is 1. The number of halogens is 2. The van der Waals surface area contributed by atoms with Crippen molar-refractivity contribution < 1.29 is 51.0 Å². The van der Waals surface area contributed by atoms with Crippen molar-refractivity contribution in [3.8, 4) is 11.5 Å². The van der Waals surface area contributed by atoms with Crippen molar-refractivity contribution in [2.24, 2.45) is 5.92 Å². The minimum Gasteiger partial charge on any atom is -0.497 e. The van der Waals surface area contributed by atoms with E-state index in [2.05, 4.69) is 15.0 Å². The van der Waals surface area contributed by atoms with Crippen LogP contribution in [0.2, 0.25) is 0 Å². The summed E-state index contributed by atoms with van der Waals surface area (Å²) in [5.74, 6) is -2.40. The van der Waals surface area contributed by atoms with E-state index < -0.39 is 85.4 Å². The van der Waals surface area contributed by atoms with E-state index in [0.29, 0.717) is 67.2 Å². The molecular formula is C41H51F2N5O9S. The first-order chi connectivity index (χ1) is 27.5. The van der Waals surface area contributed by atoms with Crippen molar-refractivity contribution in [3.63, 3.8) is 0 Å². The smallest absolute Gasteiger partial charge is 0.408 e. The van der Waals surface area contributed by atoms with E-state index in [4.69, 9.17) is 9.47 Å². The number of sulfonamides is 1. The molecule has 8 rings (SSSR count). The Morgan fingerprint density at radius 1 is 1.09 bits per heavy atom. The van der Waals surface area contributed by atoms with Crippen molar-refractivity contribution in [1.29, 1.82) is 0 Å². The molecule has 3 aliphatic heterocycles. The number of alkyl halides is 2. The molecule has 4 amide bonds. The first-order valence-electron chi connectivity index (χ1n) is 20.3. The lowest BCUT2D eigenvalue weighted by atomic mass is 9.76. The third-order valence-corrected chi connectivity index (χ3v) is 15.9. The molecule has 314 valence electrons. The summed E-state index contributed by atoms with van der Waals surface area (Å²) in [4.78, 5) is 63.8. The van der Waals surface area contributed by atoms with Crippen LogP contribution >= 0.6 is 0 Å². The number of rotatable bonds is 7. The Bertz CT molecular complexity index is 2190. The molecule has 0 radical (unpaired) electrons. The molecular weight excluding hydrogens is 777 g/mol. The van der Waals surface area contributed by atoms with Gasteiger partial charge in [0, 0.05) is 28.8 Å². The van der Waals surface area contributed by atoms with Crippen molar-refractivity contribution in [3.05, 3.63) is 41.6 Å². The fraction of sp³-hybridized carbons (Fsp3) is 0.634. The minimum absolute atomic E-state index is 0.122. The molecule has 5 atom stereocenters. The molecule has 14 nitrogen and oxygen atoms in total. The van der Waals surface area contributed by atoms with Gasteiger partial charge in [-0.3, -0.25) is 24.0 Å². The number of allylic oxidation sites excluding steroid dienone is 1. The number of benzene rings is 1. The molecule has 0 unspecified atom stereocenters. The van der Waals surface area contributed by atoms with Crippen LogP contribution in [0, 0.1) is 5.92 Å². The van der Waals surface area contributed by atoms with Crippen LogP contribution in [0.1, 0.15) is 115 Å². The molecule has 58 heavy (non-hydrogen) atoms. The second kappa shape index (κ2) is 14.3. The van der Waals surface area contributed by atoms with Crippen molar-refractivity contribution in [2.75, 3.05) is 13.7 Å². The molecule has 4 fully saturated rings. The summed E-state index contributed by atoms with van der Waals surface area (Å²) >= 11 is 0. The number of amides is 4. The number of hydrogen-bond acceptors (Lipinski definition) is 9. The number of aryl methyl sites for hydroxylation is 1. The number of nitrogens with one attached hydrogen (secondary N) is 2. The van der Waals surface area contributed by atoms with Gasteiger partial charge >= 0.3 is 6.09 Å². The molecule has 3 saturated carbocycles. The maximum absolute atomic E-state index is 15.1. The summed E-state index contributed by atoms with van der Waals surface area (Å²) < 4.78 is 69.2. The molecule has 1 spiro atoms. The van der Waals surface area contributed by atoms with Gasteiger partial charge in [0.1, 0.15) is 34.7 Å². The van der Waals surface area contributed by atoms with Gasteiger partial charge in [0.05, 0.1) is 23.9 Å². The lowest BCUT2D eigenvalue weighted by Crippen LogP contribution is -2.63. The van der Waals surface area contributed by atoms with Crippen LogP contribution in [0.15, 0.2) is 30.4 Å². The number of pyridine rings is 1. The molecule has 0 bridgehead atoms. The van der Waals surface area contributed by atoms with Crippen molar-refractivity contribution >= 4 is 44.7 Å². The van der Waals surface area contributed by atoms with Gasteiger partial charge in [-0.15, -0.1) is 0 Å². The molecule has 3 N–H and O–H groups in total. The quantitative estimate of drug-likeness (QED) is 0.300. The number of hydrogen-bond donors (Lipinski definition) is 3. The second-order valence-electron chi connectivity index (χ2n) is 17.7. The number of nitrogens with zero attached hydrogens (tertiary/aromatic N) is 3. The summed E-state index contributed by atoms with van der Waals surface area (Å²) in [6.45, 7) is 3.15. The molecule has 1 saturated heterocycles. The van der Waals surface area contributed by atoms with Gasteiger partial charge in [-0.2, -0.15) is 0 Å². The summed E-state index contributed by atoms with van der Waals surface area (Å²) in [6.07, 6.45) is 5.30. The summed E-state index contributed by atoms with van der Waals surface area (Å²) in [6, 6.07) is 2.45. The zero-order chi connectivity index (χ0) is 41.4. The Morgan fingerprint density at radius 2 is 1.84 bits per heavy atom. The van der Waals surface area contributed by atoms with Crippen LogP contribution in [-0.4, -0.2) is 99.3 Å². The summed E-state index contributed by atoms with van der Waals surface area (Å²) in [5.41, 5.74) is -3.55. The lowest BCUT2D eigenvalue weighted by Gasteiger charge is -2.50. The molecule has 6 aliphatic rings. The number of fused-ring (bicyclic) bond motifs is 5. The predicted molar refractivity (Wildman–Crippen MR) is 207 cm³/mol. The average Bonchev–Trinajstić information content (AvgIpc) is 4.06.